The summed E-state index contributed by atoms with van der Waals surface area (Å²) in [5.74, 6) is 7.22. The summed E-state index contributed by atoms with van der Waals surface area (Å²) in [6.07, 6.45) is 8.35. The molecule has 1 aromatic heterocycles. The van der Waals surface area contributed by atoms with Gasteiger partial charge in [-0.2, -0.15) is 0 Å². The summed E-state index contributed by atoms with van der Waals surface area (Å²) < 4.78 is 7.69. The van der Waals surface area contributed by atoms with Crippen molar-refractivity contribution in [2.75, 3.05) is 6.61 Å². The molecule has 0 amide bonds. The molecule has 4 rings (SSSR count). The molecule has 4 heteroatoms. The molecule has 0 spiro atoms. The molecule has 1 atom stereocenters. The topological polar surface area (TPSA) is 39.9 Å². The molecule has 124 valence electrons. The molecule has 0 radical (unpaired) electrons. The van der Waals surface area contributed by atoms with Crippen LogP contribution in [0.5, 0.6) is 0 Å². The highest BCUT2D eigenvalue weighted by atomic mass is 16.5. The van der Waals surface area contributed by atoms with E-state index in [0.29, 0.717) is 5.92 Å². The summed E-state index contributed by atoms with van der Waals surface area (Å²) in [7, 11) is 0. The fraction of sp³-hybridized carbons (Fsp3) is 0.500. The van der Waals surface area contributed by atoms with E-state index in [2.05, 4.69) is 47.3 Å². The maximum absolute atomic E-state index is 5.78. The molecule has 0 unspecified atom stereocenters. The number of benzene rings is 1. The highest BCUT2D eigenvalue weighted by Gasteiger charge is 2.18. The minimum Gasteiger partial charge on any atom is -0.376 e. The van der Waals surface area contributed by atoms with Crippen molar-refractivity contribution < 1.29 is 4.74 Å². The Labute approximate surface area is 143 Å². The van der Waals surface area contributed by atoms with Gasteiger partial charge in [-0.05, 0) is 56.7 Å². The fourth-order valence-electron chi connectivity index (χ4n) is 3.11. The predicted octanol–water partition coefficient (Wildman–Crippen LogP) is 3.58. The van der Waals surface area contributed by atoms with E-state index in [0.717, 1.165) is 36.4 Å². The minimum atomic E-state index is 0.273. The van der Waals surface area contributed by atoms with Gasteiger partial charge in [0.05, 0.1) is 18.8 Å². The van der Waals surface area contributed by atoms with Crippen LogP contribution in [0.1, 0.15) is 43.2 Å². The largest absolute Gasteiger partial charge is 0.376 e. The van der Waals surface area contributed by atoms with Crippen LogP contribution in [-0.4, -0.2) is 27.7 Å². The first-order valence-corrected chi connectivity index (χ1v) is 8.92. The van der Waals surface area contributed by atoms with E-state index in [1.807, 2.05) is 10.9 Å². The highest BCUT2D eigenvalue weighted by molar-refractivity contribution is 5.64. The maximum atomic E-state index is 5.78. The lowest BCUT2D eigenvalue weighted by Gasteiger charge is -2.21. The molecular weight excluding hydrogens is 298 g/mol. The molecule has 2 heterocycles. The third kappa shape index (κ3) is 3.68. The number of hydrogen-bond donors (Lipinski definition) is 0. The van der Waals surface area contributed by atoms with E-state index < -0.39 is 0 Å². The number of hydrogen-bond acceptors (Lipinski definition) is 3. The Balaban J connectivity index is 1.48. The third-order valence-electron chi connectivity index (χ3n) is 4.70. The smallest absolute Gasteiger partial charge is 0.113 e. The van der Waals surface area contributed by atoms with Crippen LogP contribution in [0.2, 0.25) is 0 Å². The number of ether oxygens (including phenoxy) is 1. The fourth-order valence-corrected chi connectivity index (χ4v) is 3.11. The Morgan fingerprint density at radius 1 is 1.25 bits per heavy atom. The number of nitrogens with zero attached hydrogens (tertiary/aromatic N) is 3. The molecule has 0 N–H and O–H groups in total. The first-order valence-electron chi connectivity index (χ1n) is 8.92. The highest BCUT2D eigenvalue weighted by Crippen LogP contribution is 2.28. The monoisotopic (exact) mass is 321 g/mol. The first kappa shape index (κ1) is 15.4. The van der Waals surface area contributed by atoms with Gasteiger partial charge in [0.25, 0.3) is 0 Å². The first-order chi connectivity index (χ1) is 11.8. The predicted molar refractivity (Wildman–Crippen MR) is 93.4 cm³/mol. The van der Waals surface area contributed by atoms with E-state index in [1.165, 1.54) is 31.2 Å². The van der Waals surface area contributed by atoms with E-state index in [9.17, 15) is 0 Å². The molecule has 1 aliphatic heterocycles. The van der Waals surface area contributed by atoms with Crippen LogP contribution in [0.3, 0.4) is 0 Å². The van der Waals surface area contributed by atoms with Gasteiger partial charge in [-0.3, -0.25) is 0 Å². The number of rotatable bonds is 3. The number of aryl methyl sites for hydroxylation is 1. The zero-order chi connectivity index (χ0) is 16.4. The maximum Gasteiger partial charge on any atom is 0.113 e. The van der Waals surface area contributed by atoms with Crippen LogP contribution >= 0.6 is 0 Å². The van der Waals surface area contributed by atoms with Gasteiger partial charge in [0.2, 0.25) is 0 Å². The Morgan fingerprint density at radius 2 is 2.17 bits per heavy atom. The standard InChI is InChI=1S/C20H23N3O/c1-15-12-17(8-7-16-5-6-16)9-10-19(15)20-14-23(22-21-20)13-18-4-2-3-11-24-18/h9-10,12,14,16,18H,2-6,11,13H2,1H3/t18-/m1/s1. The molecule has 0 bridgehead atoms. The van der Waals surface area contributed by atoms with Crippen LogP contribution in [-0.2, 0) is 11.3 Å². The average Bonchev–Trinajstić information content (AvgIpc) is 3.32. The minimum absolute atomic E-state index is 0.273. The lowest BCUT2D eigenvalue weighted by molar-refractivity contribution is 0.00370. The van der Waals surface area contributed by atoms with Gasteiger partial charge >= 0.3 is 0 Å². The Hall–Kier alpha value is -2.12. The molecule has 2 aromatic rings. The molecule has 1 saturated heterocycles. The van der Waals surface area contributed by atoms with Crippen LogP contribution in [0, 0.1) is 24.7 Å². The van der Waals surface area contributed by atoms with Crippen LogP contribution in [0.4, 0.5) is 0 Å². The Bertz CT molecular complexity index is 774. The van der Waals surface area contributed by atoms with Crippen molar-refractivity contribution in [3.05, 3.63) is 35.5 Å². The van der Waals surface area contributed by atoms with Crippen LogP contribution in [0.15, 0.2) is 24.4 Å². The normalized spacial score (nSPS) is 20.5. The van der Waals surface area contributed by atoms with E-state index in [1.54, 1.807) is 0 Å². The second-order valence-corrected chi connectivity index (χ2v) is 6.89. The zero-order valence-electron chi connectivity index (χ0n) is 14.2. The second-order valence-electron chi connectivity index (χ2n) is 6.89. The van der Waals surface area contributed by atoms with Crippen molar-refractivity contribution in [1.29, 1.82) is 0 Å². The van der Waals surface area contributed by atoms with Crippen molar-refractivity contribution in [2.45, 2.75) is 51.7 Å². The van der Waals surface area contributed by atoms with Crippen molar-refractivity contribution in [3.8, 4) is 23.1 Å². The van der Waals surface area contributed by atoms with Gasteiger partial charge in [0.15, 0.2) is 0 Å². The molecular formula is C20H23N3O. The molecule has 1 aromatic carbocycles. The van der Waals surface area contributed by atoms with Gasteiger partial charge in [-0.25, -0.2) is 4.68 Å². The summed E-state index contributed by atoms with van der Waals surface area (Å²) in [6.45, 7) is 3.77. The van der Waals surface area contributed by atoms with Gasteiger partial charge in [-0.15, -0.1) is 5.10 Å². The summed E-state index contributed by atoms with van der Waals surface area (Å²) in [6, 6.07) is 6.34. The van der Waals surface area contributed by atoms with Gasteiger partial charge in [0.1, 0.15) is 5.69 Å². The van der Waals surface area contributed by atoms with E-state index in [-0.39, 0.29) is 6.10 Å². The summed E-state index contributed by atoms with van der Waals surface area (Å²) in [5.41, 5.74) is 4.33. The summed E-state index contributed by atoms with van der Waals surface area (Å²) >= 11 is 0. The van der Waals surface area contributed by atoms with Gasteiger partial charge in [-0.1, -0.05) is 23.1 Å². The lowest BCUT2D eigenvalue weighted by Crippen LogP contribution is -2.24. The van der Waals surface area contributed by atoms with Crippen LogP contribution < -0.4 is 0 Å². The summed E-state index contributed by atoms with van der Waals surface area (Å²) in [5, 5.41) is 8.62. The second kappa shape index (κ2) is 6.78. The average molecular weight is 321 g/mol. The van der Waals surface area contributed by atoms with Crippen LogP contribution in [0.25, 0.3) is 11.3 Å². The Kier molecular flexibility index (Phi) is 4.36. The number of aromatic nitrogens is 3. The molecule has 1 aliphatic carbocycles. The van der Waals surface area contributed by atoms with Crippen molar-refractivity contribution >= 4 is 0 Å². The molecule has 1 saturated carbocycles. The van der Waals surface area contributed by atoms with Crippen molar-refractivity contribution in [3.63, 3.8) is 0 Å². The SMILES string of the molecule is Cc1cc(C#CC2CC2)ccc1-c1cn(C[C@H]2CCCCO2)nn1. The molecule has 24 heavy (non-hydrogen) atoms. The zero-order valence-corrected chi connectivity index (χ0v) is 14.2. The quantitative estimate of drug-likeness (QED) is 0.811. The van der Waals surface area contributed by atoms with Gasteiger partial charge < -0.3 is 4.74 Å². The van der Waals surface area contributed by atoms with Crippen molar-refractivity contribution in [2.24, 2.45) is 5.92 Å². The van der Waals surface area contributed by atoms with E-state index in [4.69, 9.17) is 4.74 Å². The van der Waals surface area contributed by atoms with Crippen molar-refractivity contribution in [1.82, 2.24) is 15.0 Å². The van der Waals surface area contributed by atoms with Gasteiger partial charge in [0, 0.05) is 23.7 Å². The molecule has 2 fully saturated rings. The third-order valence-corrected chi connectivity index (χ3v) is 4.70. The Morgan fingerprint density at radius 3 is 2.92 bits per heavy atom. The van der Waals surface area contributed by atoms with E-state index >= 15 is 0 Å². The molecule has 4 nitrogen and oxygen atoms in total. The lowest BCUT2D eigenvalue weighted by atomic mass is 10.0. The molecule has 2 aliphatic rings. The summed E-state index contributed by atoms with van der Waals surface area (Å²) in [4.78, 5) is 0.